The number of phenols is 2. The van der Waals surface area contributed by atoms with Crippen LogP contribution in [-0.4, -0.2) is 23.9 Å². The Bertz CT molecular complexity index is 496. The lowest BCUT2D eigenvalue weighted by Gasteiger charge is -2.23. The summed E-state index contributed by atoms with van der Waals surface area (Å²) in [5.41, 5.74) is 2.95. The van der Waals surface area contributed by atoms with Gasteiger partial charge >= 0.3 is 0 Å². The number of phenolic OH excluding ortho intramolecular Hbond substituents is 2. The van der Waals surface area contributed by atoms with E-state index in [4.69, 9.17) is 4.74 Å². The van der Waals surface area contributed by atoms with E-state index in [1.807, 2.05) is 12.1 Å². The second-order valence-electron chi connectivity index (χ2n) is 6.26. The fourth-order valence-electron chi connectivity index (χ4n) is 3.32. The van der Waals surface area contributed by atoms with Gasteiger partial charge in [-0.15, -0.1) is 0 Å². The Morgan fingerprint density at radius 1 is 1.18 bits per heavy atom. The highest BCUT2D eigenvalue weighted by molar-refractivity contribution is 5.50. The molecule has 0 amide bonds. The van der Waals surface area contributed by atoms with Gasteiger partial charge in [-0.2, -0.15) is 0 Å². The van der Waals surface area contributed by atoms with Gasteiger partial charge in [-0.25, -0.2) is 0 Å². The Kier molecular flexibility index (Phi) is 6.32. The second kappa shape index (κ2) is 8.23. The highest BCUT2D eigenvalue weighted by Gasteiger charge is 2.22. The number of aryl methyl sites for hydroxylation is 1. The number of methoxy groups -OCH3 is 1. The van der Waals surface area contributed by atoms with E-state index < -0.39 is 0 Å². The first-order chi connectivity index (χ1) is 10.7. The summed E-state index contributed by atoms with van der Waals surface area (Å²) in [5, 5.41) is 20.8. The van der Waals surface area contributed by atoms with Crippen molar-refractivity contribution in [3.63, 3.8) is 0 Å². The monoisotopic (exact) mass is 304 g/mol. The Hall–Kier alpha value is -1.48. The predicted octanol–water partition coefficient (Wildman–Crippen LogP) is 4.67. The van der Waals surface area contributed by atoms with E-state index >= 15 is 0 Å². The molecule has 0 radical (unpaired) electrons. The number of rotatable bonds is 7. The van der Waals surface area contributed by atoms with Crippen LogP contribution in [0.4, 0.5) is 0 Å². The van der Waals surface area contributed by atoms with Crippen molar-refractivity contribution in [1.82, 2.24) is 0 Å². The van der Waals surface area contributed by atoms with Crippen molar-refractivity contribution in [2.75, 3.05) is 13.7 Å². The van der Waals surface area contributed by atoms with Crippen molar-refractivity contribution in [3.05, 3.63) is 34.9 Å². The fourth-order valence-corrected chi connectivity index (χ4v) is 3.32. The maximum absolute atomic E-state index is 10.4. The third-order valence-corrected chi connectivity index (χ3v) is 4.42. The lowest BCUT2D eigenvalue weighted by atomic mass is 9.84. The van der Waals surface area contributed by atoms with Crippen LogP contribution in [0.3, 0.4) is 0 Å². The highest BCUT2D eigenvalue weighted by atomic mass is 16.5. The van der Waals surface area contributed by atoms with Crippen molar-refractivity contribution in [3.8, 4) is 11.5 Å². The molecule has 0 aliphatic heterocycles. The number of hydrogen-bond acceptors (Lipinski definition) is 3. The average Bonchev–Trinajstić information content (AvgIpc) is 2.48. The van der Waals surface area contributed by atoms with Crippen LogP contribution in [0.15, 0.2) is 23.8 Å². The minimum absolute atomic E-state index is 0.0867. The molecule has 122 valence electrons. The van der Waals surface area contributed by atoms with Crippen LogP contribution >= 0.6 is 0 Å². The third-order valence-electron chi connectivity index (χ3n) is 4.42. The molecular weight excluding hydrogens is 276 g/mol. The summed E-state index contributed by atoms with van der Waals surface area (Å²) < 4.78 is 5.21. The molecule has 1 atom stereocenters. The molecule has 1 aliphatic carbocycles. The molecule has 1 aromatic carbocycles. The first-order valence-electron chi connectivity index (χ1n) is 8.39. The van der Waals surface area contributed by atoms with Gasteiger partial charge in [0.2, 0.25) is 0 Å². The Morgan fingerprint density at radius 3 is 2.55 bits per heavy atom. The molecule has 22 heavy (non-hydrogen) atoms. The zero-order valence-corrected chi connectivity index (χ0v) is 13.8. The fraction of sp³-hybridized carbons (Fsp3) is 0.579. The van der Waals surface area contributed by atoms with E-state index in [1.54, 1.807) is 7.11 Å². The van der Waals surface area contributed by atoms with Gasteiger partial charge in [0, 0.05) is 18.6 Å². The lowest BCUT2D eigenvalue weighted by Crippen LogP contribution is -2.07. The number of unbranched alkanes of at least 4 members (excludes halogenated alkanes) is 2. The lowest BCUT2D eigenvalue weighted by molar-refractivity contribution is 0.220. The molecule has 0 fully saturated rings. The molecule has 0 saturated carbocycles. The van der Waals surface area contributed by atoms with Crippen molar-refractivity contribution >= 4 is 0 Å². The van der Waals surface area contributed by atoms with Crippen LogP contribution in [-0.2, 0) is 11.2 Å². The summed E-state index contributed by atoms with van der Waals surface area (Å²) in [6.45, 7) is 2.80. The number of aromatic hydroxyl groups is 2. The molecule has 0 heterocycles. The minimum Gasteiger partial charge on any atom is -0.507 e. The third kappa shape index (κ3) is 4.26. The van der Waals surface area contributed by atoms with E-state index in [0.717, 1.165) is 37.7 Å². The summed E-state index contributed by atoms with van der Waals surface area (Å²) in [6, 6.07) is 3.65. The second-order valence-corrected chi connectivity index (χ2v) is 6.26. The van der Waals surface area contributed by atoms with Crippen molar-refractivity contribution < 1.29 is 14.9 Å². The van der Waals surface area contributed by atoms with Crippen LogP contribution in [0.1, 0.15) is 62.5 Å². The van der Waals surface area contributed by atoms with Gasteiger partial charge in [0.1, 0.15) is 11.5 Å². The van der Waals surface area contributed by atoms with Crippen molar-refractivity contribution in [2.45, 2.75) is 57.8 Å². The van der Waals surface area contributed by atoms with E-state index in [0.29, 0.717) is 12.2 Å². The normalized spacial score (nSPS) is 18.3. The molecule has 3 heteroatoms. The van der Waals surface area contributed by atoms with Crippen LogP contribution in [0.2, 0.25) is 0 Å². The van der Waals surface area contributed by atoms with E-state index in [1.165, 1.54) is 18.4 Å². The van der Waals surface area contributed by atoms with E-state index in [-0.39, 0.29) is 17.4 Å². The highest BCUT2D eigenvalue weighted by Crippen LogP contribution is 2.41. The first-order valence-corrected chi connectivity index (χ1v) is 8.39. The summed E-state index contributed by atoms with van der Waals surface area (Å²) in [7, 11) is 1.70. The Balaban J connectivity index is 2.18. The van der Waals surface area contributed by atoms with Crippen molar-refractivity contribution in [2.24, 2.45) is 0 Å². The van der Waals surface area contributed by atoms with Gasteiger partial charge in [0.05, 0.1) is 6.61 Å². The summed E-state index contributed by atoms with van der Waals surface area (Å²) in [5.74, 6) is 0.543. The van der Waals surface area contributed by atoms with Gasteiger partial charge < -0.3 is 14.9 Å². The van der Waals surface area contributed by atoms with E-state index in [9.17, 15) is 10.2 Å². The molecule has 3 nitrogen and oxygen atoms in total. The summed E-state index contributed by atoms with van der Waals surface area (Å²) in [6.07, 6.45) is 9.57. The van der Waals surface area contributed by atoms with Crippen LogP contribution < -0.4 is 0 Å². The summed E-state index contributed by atoms with van der Waals surface area (Å²) >= 11 is 0. The quantitative estimate of drug-likeness (QED) is 0.568. The van der Waals surface area contributed by atoms with Crippen LogP contribution in [0.5, 0.6) is 11.5 Å². The van der Waals surface area contributed by atoms with E-state index in [2.05, 4.69) is 13.0 Å². The molecule has 2 rings (SSSR count). The smallest absolute Gasteiger partial charge is 0.123 e. The average molecular weight is 304 g/mol. The molecule has 0 saturated heterocycles. The standard InChI is InChI=1S/C19H28O3/c1-3-4-5-7-14-11-17(20)19(18(21)12-14)16-9-6-8-15(10-16)13-22-2/h10-12,16,20-21H,3-9,13H2,1-2H3. The molecule has 1 unspecified atom stereocenters. The zero-order chi connectivity index (χ0) is 15.9. The number of allylic oxidation sites excluding steroid dienone is 1. The minimum atomic E-state index is 0.0867. The maximum Gasteiger partial charge on any atom is 0.123 e. The van der Waals surface area contributed by atoms with Crippen LogP contribution in [0, 0.1) is 0 Å². The summed E-state index contributed by atoms with van der Waals surface area (Å²) in [4.78, 5) is 0. The Morgan fingerprint density at radius 2 is 1.91 bits per heavy atom. The number of ether oxygens (including phenoxy) is 1. The van der Waals surface area contributed by atoms with Gasteiger partial charge in [-0.05, 0) is 55.4 Å². The van der Waals surface area contributed by atoms with Gasteiger partial charge in [0.15, 0.2) is 0 Å². The molecule has 0 bridgehead atoms. The van der Waals surface area contributed by atoms with Crippen LogP contribution in [0.25, 0.3) is 0 Å². The molecular formula is C19H28O3. The zero-order valence-electron chi connectivity index (χ0n) is 13.8. The predicted molar refractivity (Wildman–Crippen MR) is 89.6 cm³/mol. The van der Waals surface area contributed by atoms with Gasteiger partial charge in [-0.3, -0.25) is 0 Å². The molecule has 0 spiro atoms. The first kappa shape index (κ1) is 16.9. The van der Waals surface area contributed by atoms with Crippen molar-refractivity contribution in [1.29, 1.82) is 0 Å². The molecule has 1 aromatic rings. The SMILES string of the molecule is CCCCCc1cc(O)c(C2C=C(COC)CCC2)c(O)c1. The van der Waals surface area contributed by atoms with Gasteiger partial charge in [0.25, 0.3) is 0 Å². The topological polar surface area (TPSA) is 49.7 Å². The number of hydrogen-bond donors (Lipinski definition) is 2. The molecule has 1 aliphatic rings. The number of benzene rings is 1. The largest absolute Gasteiger partial charge is 0.507 e. The molecule has 2 N–H and O–H groups in total. The van der Waals surface area contributed by atoms with Gasteiger partial charge in [-0.1, -0.05) is 25.8 Å². The Labute approximate surface area is 133 Å². The molecule has 0 aromatic heterocycles. The maximum atomic E-state index is 10.4.